The van der Waals surface area contributed by atoms with Crippen LogP contribution in [0.25, 0.3) is 0 Å². The van der Waals surface area contributed by atoms with E-state index in [9.17, 15) is 9.90 Å². The van der Waals surface area contributed by atoms with Crippen LogP contribution in [0.4, 0.5) is 5.69 Å². The Bertz CT molecular complexity index is 454. The predicted octanol–water partition coefficient (Wildman–Crippen LogP) is 1.64. The van der Waals surface area contributed by atoms with Crippen LogP contribution < -0.4 is 5.32 Å². The molecule has 6 heteroatoms. The molecule has 0 aliphatic heterocycles. The largest absolute Gasteiger partial charge is 0.389 e. The fourth-order valence-electron chi connectivity index (χ4n) is 1.87. The van der Waals surface area contributed by atoms with Gasteiger partial charge in [-0.1, -0.05) is 15.9 Å². The standard InChI is InChI=1S/C14H21BrN2O3/c1-10-6-11(15)4-5-13(10)16-14(19)8-17(2)7-12(18)9-20-3/h4-6,12,18H,7-9H2,1-3H3,(H,16,19). The number of halogens is 1. The zero-order valence-electron chi connectivity index (χ0n) is 12.0. The van der Waals surface area contributed by atoms with Crippen molar-refractivity contribution < 1.29 is 14.6 Å². The van der Waals surface area contributed by atoms with Gasteiger partial charge in [0.05, 0.1) is 19.3 Å². The third-order valence-electron chi connectivity index (χ3n) is 2.76. The monoisotopic (exact) mass is 344 g/mol. The van der Waals surface area contributed by atoms with Crippen LogP contribution in [0, 0.1) is 6.92 Å². The van der Waals surface area contributed by atoms with E-state index in [0.717, 1.165) is 15.7 Å². The number of nitrogens with one attached hydrogen (secondary N) is 1. The number of hydrogen-bond donors (Lipinski definition) is 2. The van der Waals surface area contributed by atoms with E-state index in [4.69, 9.17) is 4.74 Å². The van der Waals surface area contributed by atoms with Gasteiger partial charge in [-0.3, -0.25) is 9.69 Å². The molecule has 0 bridgehead atoms. The number of nitrogens with zero attached hydrogens (tertiary/aromatic N) is 1. The van der Waals surface area contributed by atoms with Crippen LogP contribution in [0.15, 0.2) is 22.7 Å². The molecule has 0 aromatic heterocycles. The highest BCUT2D eigenvalue weighted by Crippen LogP contribution is 2.19. The number of aryl methyl sites for hydroxylation is 1. The Morgan fingerprint density at radius 3 is 2.85 bits per heavy atom. The second-order valence-electron chi connectivity index (χ2n) is 4.81. The minimum atomic E-state index is -0.591. The van der Waals surface area contributed by atoms with Gasteiger partial charge in [0.1, 0.15) is 0 Å². The smallest absolute Gasteiger partial charge is 0.238 e. The molecule has 1 aromatic rings. The van der Waals surface area contributed by atoms with E-state index < -0.39 is 6.10 Å². The number of anilines is 1. The first-order valence-electron chi connectivity index (χ1n) is 6.34. The highest BCUT2D eigenvalue weighted by atomic mass is 79.9. The highest BCUT2D eigenvalue weighted by molar-refractivity contribution is 9.10. The molecule has 0 spiro atoms. The molecule has 0 heterocycles. The molecule has 0 saturated carbocycles. The number of ether oxygens (including phenoxy) is 1. The second kappa shape index (κ2) is 8.36. The fourth-order valence-corrected chi connectivity index (χ4v) is 2.35. The summed E-state index contributed by atoms with van der Waals surface area (Å²) in [4.78, 5) is 13.7. The summed E-state index contributed by atoms with van der Waals surface area (Å²) in [7, 11) is 3.32. The van der Waals surface area contributed by atoms with Gasteiger partial charge in [0, 0.05) is 23.8 Å². The number of carbonyl (C=O) groups is 1. The van der Waals surface area contributed by atoms with Crippen molar-refractivity contribution in [3.8, 4) is 0 Å². The van der Waals surface area contributed by atoms with Crippen molar-refractivity contribution in [2.75, 3.05) is 39.2 Å². The molecule has 0 saturated heterocycles. The molecule has 2 N–H and O–H groups in total. The molecule has 1 unspecified atom stereocenters. The van der Waals surface area contributed by atoms with E-state index in [-0.39, 0.29) is 19.1 Å². The third kappa shape index (κ3) is 6.00. The van der Waals surface area contributed by atoms with Crippen molar-refractivity contribution in [1.29, 1.82) is 0 Å². The number of amides is 1. The minimum Gasteiger partial charge on any atom is -0.389 e. The van der Waals surface area contributed by atoms with Crippen LogP contribution in [-0.4, -0.2) is 55.9 Å². The first-order valence-corrected chi connectivity index (χ1v) is 7.13. The topological polar surface area (TPSA) is 61.8 Å². The Hall–Kier alpha value is -0.950. The summed E-state index contributed by atoms with van der Waals surface area (Å²) in [6, 6.07) is 5.69. The summed E-state index contributed by atoms with van der Waals surface area (Å²) in [6.07, 6.45) is -0.591. The maximum atomic E-state index is 11.9. The number of methoxy groups -OCH3 is 1. The number of aliphatic hydroxyl groups excluding tert-OH is 1. The van der Waals surface area contributed by atoms with Crippen LogP contribution in [0.3, 0.4) is 0 Å². The lowest BCUT2D eigenvalue weighted by Crippen LogP contribution is -2.37. The Morgan fingerprint density at radius 2 is 2.25 bits per heavy atom. The fraction of sp³-hybridized carbons (Fsp3) is 0.500. The van der Waals surface area contributed by atoms with E-state index in [1.165, 1.54) is 7.11 Å². The van der Waals surface area contributed by atoms with E-state index in [1.54, 1.807) is 11.9 Å². The molecule has 0 radical (unpaired) electrons. The van der Waals surface area contributed by atoms with Crippen LogP contribution in [0.5, 0.6) is 0 Å². The molecule has 20 heavy (non-hydrogen) atoms. The van der Waals surface area contributed by atoms with Crippen molar-refractivity contribution >= 4 is 27.5 Å². The number of hydrogen-bond acceptors (Lipinski definition) is 4. The van der Waals surface area contributed by atoms with Crippen molar-refractivity contribution in [2.45, 2.75) is 13.0 Å². The molecule has 1 atom stereocenters. The van der Waals surface area contributed by atoms with E-state index in [1.807, 2.05) is 25.1 Å². The first-order chi connectivity index (χ1) is 9.42. The normalized spacial score (nSPS) is 12.5. The quantitative estimate of drug-likeness (QED) is 0.789. The van der Waals surface area contributed by atoms with Gasteiger partial charge in [0.2, 0.25) is 5.91 Å². The van der Waals surface area contributed by atoms with Gasteiger partial charge in [0.15, 0.2) is 0 Å². The van der Waals surface area contributed by atoms with Crippen molar-refractivity contribution in [3.05, 3.63) is 28.2 Å². The van der Waals surface area contributed by atoms with E-state index in [0.29, 0.717) is 6.54 Å². The maximum Gasteiger partial charge on any atom is 0.238 e. The van der Waals surface area contributed by atoms with Gasteiger partial charge >= 0.3 is 0 Å². The maximum absolute atomic E-state index is 11.9. The molecular weight excluding hydrogens is 324 g/mol. The average Bonchev–Trinajstić information content (AvgIpc) is 2.32. The lowest BCUT2D eigenvalue weighted by atomic mass is 10.2. The van der Waals surface area contributed by atoms with Crippen molar-refractivity contribution in [1.82, 2.24) is 4.90 Å². The molecule has 112 valence electrons. The Morgan fingerprint density at radius 1 is 1.55 bits per heavy atom. The van der Waals surface area contributed by atoms with Crippen LogP contribution in [0.1, 0.15) is 5.56 Å². The van der Waals surface area contributed by atoms with E-state index in [2.05, 4.69) is 21.2 Å². The van der Waals surface area contributed by atoms with Gasteiger partial charge < -0.3 is 15.2 Å². The summed E-state index contributed by atoms with van der Waals surface area (Å²) in [5.74, 6) is -0.109. The van der Waals surface area contributed by atoms with Gasteiger partial charge in [0.25, 0.3) is 0 Å². The average molecular weight is 345 g/mol. The Labute approximate surface area is 128 Å². The zero-order chi connectivity index (χ0) is 15.1. The van der Waals surface area contributed by atoms with Gasteiger partial charge in [-0.25, -0.2) is 0 Å². The second-order valence-corrected chi connectivity index (χ2v) is 5.73. The lowest BCUT2D eigenvalue weighted by Gasteiger charge is -2.19. The van der Waals surface area contributed by atoms with E-state index >= 15 is 0 Å². The van der Waals surface area contributed by atoms with Gasteiger partial charge in [-0.2, -0.15) is 0 Å². The minimum absolute atomic E-state index is 0.109. The predicted molar refractivity (Wildman–Crippen MR) is 82.9 cm³/mol. The summed E-state index contributed by atoms with van der Waals surface area (Å²) < 4.78 is 5.83. The highest BCUT2D eigenvalue weighted by Gasteiger charge is 2.12. The molecule has 1 aromatic carbocycles. The van der Waals surface area contributed by atoms with Gasteiger partial charge in [-0.15, -0.1) is 0 Å². The summed E-state index contributed by atoms with van der Waals surface area (Å²) in [5, 5.41) is 12.5. The summed E-state index contributed by atoms with van der Waals surface area (Å²) in [5.41, 5.74) is 1.79. The van der Waals surface area contributed by atoms with Crippen LogP contribution in [0.2, 0.25) is 0 Å². The zero-order valence-corrected chi connectivity index (χ0v) is 13.6. The SMILES string of the molecule is COCC(O)CN(C)CC(=O)Nc1ccc(Br)cc1C. The molecule has 1 rings (SSSR count). The molecule has 0 aliphatic carbocycles. The molecule has 0 aliphatic rings. The first kappa shape index (κ1) is 17.1. The molecule has 0 fully saturated rings. The number of carbonyl (C=O) groups excluding carboxylic acids is 1. The number of likely N-dealkylation sites (N-methyl/N-ethyl adjacent to an activating group) is 1. The summed E-state index contributed by atoms with van der Waals surface area (Å²) in [6.45, 7) is 2.81. The number of benzene rings is 1. The van der Waals surface area contributed by atoms with Crippen LogP contribution in [-0.2, 0) is 9.53 Å². The van der Waals surface area contributed by atoms with Gasteiger partial charge in [-0.05, 0) is 37.7 Å². The van der Waals surface area contributed by atoms with Crippen molar-refractivity contribution in [2.24, 2.45) is 0 Å². The molecular formula is C14H21BrN2O3. The third-order valence-corrected chi connectivity index (χ3v) is 3.25. The molecule has 1 amide bonds. The Balaban J connectivity index is 2.46. The summed E-state index contributed by atoms with van der Waals surface area (Å²) >= 11 is 3.38. The molecule has 5 nitrogen and oxygen atoms in total. The Kier molecular flexibility index (Phi) is 7.15. The van der Waals surface area contributed by atoms with Crippen LogP contribution >= 0.6 is 15.9 Å². The number of aliphatic hydroxyl groups is 1. The van der Waals surface area contributed by atoms with Crippen molar-refractivity contribution in [3.63, 3.8) is 0 Å². The lowest BCUT2D eigenvalue weighted by molar-refractivity contribution is -0.117. The number of rotatable bonds is 7.